The molecule has 1 aromatic heterocycles. The van der Waals surface area contributed by atoms with E-state index in [1.165, 1.54) is 10.8 Å². The van der Waals surface area contributed by atoms with Crippen LogP contribution in [0.3, 0.4) is 0 Å². The number of aryl methyl sites for hydroxylation is 1. The monoisotopic (exact) mass is 524 g/mol. The molecule has 11 heteroatoms. The van der Waals surface area contributed by atoms with E-state index < -0.39 is 52.4 Å². The van der Waals surface area contributed by atoms with Crippen LogP contribution in [0.5, 0.6) is 0 Å². The molecule has 0 radical (unpaired) electrons. The van der Waals surface area contributed by atoms with E-state index in [0.29, 0.717) is 5.56 Å². The zero-order valence-corrected chi connectivity index (χ0v) is 24.2. The van der Waals surface area contributed by atoms with Gasteiger partial charge in [0.15, 0.2) is 11.8 Å². The Kier molecular flexibility index (Phi) is 7.81. The summed E-state index contributed by atoms with van der Waals surface area (Å²) in [5, 5.41) is 11.5. The fraction of sp³-hybridized carbons (Fsp3) is 0.750. The van der Waals surface area contributed by atoms with E-state index in [4.69, 9.17) is 24.1 Å². The minimum Gasteiger partial charge on any atom is -0.414 e. The van der Waals surface area contributed by atoms with Crippen molar-refractivity contribution in [1.29, 1.82) is 0 Å². The van der Waals surface area contributed by atoms with Gasteiger partial charge in [-0.25, -0.2) is 4.79 Å². The van der Waals surface area contributed by atoms with Crippen molar-refractivity contribution in [2.75, 3.05) is 6.61 Å². The Hall–Kier alpha value is -1.53. The summed E-state index contributed by atoms with van der Waals surface area (Å²) < 4.78 is 28.2. The predicted molar refractivity (Wildman–Crippen MR) is 138 cm³/mol. The minimum absolute atomic E-state index is 0.0216. The van der Waals surface area contributed by atoms with E-state index in [0.717, 1.165) is 0 Å². The fourth-order valence-corrected chi connectivity index (χ4v) is 16.6. The zero-order chi connectivity index (χ0) is 26.5. The first-order chi connectivity index (χ1) is 16.2. The molecule has 3 heterocycles. The van der Waals surface area contributed by atoms with Crippen LogP contribution in [0.25, 0.3) is 0 Å². The largest absolute Gasteiger partial charge is 0.414 e. The Morgan fingerprint density at radius 1 is 1.09 bits per heavy atom. The van der Waals surface area contributed by atoms with Crippen molar-refractivity contribution in [2.45, 2.75) is 109 Å². The molecule has 35 heavy (non-hydrogen) atoms. The molecule has 0 aromatic carbocycles. The number of hydrogen-bond donors (Lipinski definition) is 2. The van der Waals surface area contributed by atoms with Crippen molar-refractivity contribution in [3.8, 4) is 12.3 Å². The Balaban J connectivity index is 2.22. The van der Waals surface area contributed by atoms with Crippen LogP contribution in [-0.2, 0) is 17.7 Å². The van der Waals surface area contributed by atoms with Gasteiger partial charge in [-0.15, -0.1) is 6.42 Å². The van der Waals surface area contributed by atoms with Crippen molar-refractivity contribution < 1.29 is 22.8 Å². The molecule has 3 rings (SSSR count). The number of ether oxygens (including phenoxy) is 1. The number of aromatic amines is 1. The number of fused-ring (bicyclic) bond motifs is 1. The molecule has 0 aliphatic carbocycles. The Labute approximate surface area is 209 Å². The third-order valence-corrected chi connectivity index (χ3v) is 17.6. The van der Waals surface area contributed by atoms with Gasteiger partial charge in [0.2, 0.25) is 0 Å². The molecule has 2 fully saturated rings. The quantitative estimate of drug-likeness (QED) is 0.450. The van der Waals surface area contributed by atoms with Gasteiger partial charge in [0.1, 0.15) is 12.2 Å². The third-order valence-electron chi connectivity index (χ3n) is 7.42. The highest BCUT2D eigenvalue weighted by molar-refractivity contribution is 6.84. The molecule has 196 valence electrons. The Morgan fingerprint density at radius 2 is 1.63 bits per heavy atom. The predicted octanol–water partition coefficient (Wildman–Crippen LogP) is 3.06. The van der Waals surface area contributed by atoms with Gasteiger partial charge in [-0.3, -0.25) is 14.3 Å². The van der Waals surface area contributed by atoms with Crippen LogP contribution in [0.2, 0.25) is 22.2 Å². The first kappa shape index (κ1) is 28.1. The summed E-state index contributed by atoms with van der Waals surface area (Å²) in [4.78, 5) is 26.9. The molecule has 1 aromatic rings. The van der Waals surface area contributed by atoms with Gasteiger partial charge < -0.3 is 22.8 Å². The van der Waals surface area contributed by atoms with Crippen LogP contribution < -0.4 is 11.2 Å². The SMILES string of the molecule is C#C[C@@]12CO[Si](C(C)C)(C(C)C)O[Si](C(C)C)(C(C)C)OC1[C@H](O)[C@H](n1cc(C)c(=O)[nH]c1=O)O2. The molecule has 4 atom stereocenters. The molecule has 1 unspecified atom stereocenters. The molecule has 2 saturated heterocycles. The van der Waals surface area contributed by atoms with Gasteiger partial charge in [-0.1, -0.05) is 61.3 Å². The number of H-pyrrole nitrogens is 1. The van der Waals surface area contributed by atoms with E-state index in [9.17, 15) is 14.7 Å². The average molecular weight is 525 g/mol. The average Bonchev–Trinajstić information content (AvgIpc) is 3.01. The van der Waals surface area contributed by atoms with Crippen molar-refractivity contribution in [2.24, 2.45) is 0 Å². The van der Waals surface area contributed by atoms with Crippen LogP contribution >= 0.6 is 0 Å². The molecular formula is C24H40N2O7Si2. The van der Waals surface area contributed by atoms with E-state index in [1.54, 1.807) is 6.92 Å². The number of aromatic nitrogens is 2. The number of aliphatic hydroxyl groups is 1. The number of aliphatic hydroxyl groups excluding tert-OH is 1. The van der Waals surface area contributed by atoms with Crippen molar-refractivity contribution in [3.63, 3.8) is 0 Å². The lowest BCUT2D eigenvalue weighted by molar-refractivity contribution is -0.100. The molecule has 0 amide bonds. The molecular weight excluding hydrogens is 484 g/mol. The lowest BCUT2D eigenvalue weighted by atomic mass is 9.97. The Bertz CT molecular complexity index is 1070. The molecule has 2 N–H and O–H groups in total. The first-order valence-corrected chi connectivity index (χ1v) is 16.3. The highest BCUT2D eigenvalue weighted by Crippen LogP contribution is 2.50. The normalized spacial score (nSPS) is 30.4. The smallest absolute Gasteiger partial charge is 0.335 e. The maximum Gasteiger partial charge on any atom is 0.335 e. The van der Waals surface area contributed by atoms with Gasteiger partial charge in [-0.05, 0) is 29.1 Å². The van der Waals surface area contributed by atoms with Crippen LogP contribution in [0.1, 0.15) is 67.2 Å². The molecule has 0 saturated carbocycles. The lowest BCUT2D eigenvalue weighted by Gasteiger charge is -2.52. The molecule has 2 aliphatic rings. The van der Waals surface area contributed by atoms with Crippen LogP contribution in [-0.4, -0.2) is 56.2 Å². The minimum atomic E-state index is -3.08. The Morgan fingerprint density at radius 3 is 2.11 bits per heavy atom. The highest BCUT2D eigenvalue weighted by atomic mass is 28.5. The summed E-state index contributed by atoms with van der Waals surface area (Å²) in [7, 11) is -5.97. The van der Waals surface area contributed by atoms with Gasteiger partial charge in [0.25, 0.3) is 5.56 Å². The van der Waals surface area contributed by atoms with Gasteiger partial charge in [-0.2, -0.15) is 0 Å². The summed E-state index contributed by atoms with van der Waals surface area (Å²) >= 11 is 0. The van der Waals surface area contributed by atoms with E-state index >= 15 is 0 Å². The summed E-state index contributed by atoms with van der Waals surface area (Å²) in [5.74, 6) is 2.72. The second kappa shape index (κ2) is 9.74. The van der Waals surface area contributed by atoms with E-state index in [2.05, 4.69) is 66.3 Å². The van der Waals surface area contributed by atoms with Crippen LogP contribution in [0.4, 0.5) is 0 Å². The number of terminal acetylenes is 1. The topological polar surface area (TPSA) is 112 Å². The second-order valence-corrected chi connectivity index (χ2v) is 19.8. The highest BCUT2D eigenvalue weighted by Gasteiger charge is 2.66. The first-order valence-electron chi connectivity index (χ1n) is 12.3. The summed E-state index contributed by atoms with van der Waals surface area (Å²) in [6, 6.07) is 0. The van der Waals surface area contributed by atoms with Crippen LogP contribution in [0.15, 0.2) is 15.8 Å². The number of rotatable bonds is 5. The maximum atomic E-state index is 12.7. The number of nitrogens with one attached hydrogen (secondary N) is 1. The zero-order valence-electron chi connectivity index (χ0n) is 22.2. The van der Waals surface area contributed by atoms with Gasteiger partial charge in [0.05, 0.1) is 6.61 Å². The molecule has 9 nitrogen and oxygen atoms in total. The third kappa shape index (κ3) is 4.43. The van der Waals surface area contributed by atoms with Crippen molar-refractivity contribution >= 4 is 17.1 Å². The summed E-state index contributed by atoms with van der Waals surface area (Å²) in [6.07, 6.45) is 4.00. The second-order valence-electron chi connectivity index (χ2n) is 11.0. The van der Waals surface area contributed by atoms with Crippen molar-refractivity contribution in [3.05, 3.63) is 32.6 Å². The lowest BCUT2D eigenvalue weighted by Crippen LogP contribution is -2.68. The molecule has 0 spiro atoms. The van der Waals surface area contributed by atoms with Gasteiger partial charge >= 0.3 is 22.8 Å². The fourth-order valence-electron chi connectivity index (χ4n) is 5.34. The molecule has 0 bridgehead atoms. The van der Waals surface area contributed by atoms with E-state index in [-0.39, 0.29) is 28.8 Å². The van der Waals surface area contributed by atoms with E-state index in [1.807, 2.05) is 0 Å². The summed E-state index contributed by atoms with van der Waals surface area (Å²) in [6.45, 7) is 18.2. The van der Waals surface area contributed by atoms with Crippen LogP contribution in [0, 0.1) is 19.3 Å². The standard InChI is InChI=1S/C24H40N2O7Si2/c1-11-24-13-30-34(14(2)3,15(4)5)33-35(16(6)7,17(8)9)32-20(24)19(27)22(31-24)26-12-18(10)21(28)25-23(26)29/h1,12,14-17,19-20,22,27H,13H2,2-10H3,(H,25,28,29)/t19-,20?,22+,24+/m0/s1. The van der Waals surface area contributed by atoms with Crippen molar-refractivity contribution in [1.82, 2.24) is 9.55 Å². The molecule has 2 aliphatic heterocycles. The van der Waals surface area contributed by atoms with Gasteiger partial charge in [0, 0.05) is 11.8 Å². The maximum absolute atomic E-state index is 12.7. The number of nitrogens with zero attached hydrogens (tertiary/aromatic N) is 1. The number of hydrogen-bond acceptors (Lipinski definition) is 7. The summed E-state index contributed by atoms with van der Waals surface area (Å²) in [5.41, 5.74) is -2.09.